The SMILES string of the molecule is CN1CCc2ccccc2C1C1(C#N)CCC1. The van der Waals surface area contributed by atoms with Gasteiger partial charge in [0.2, 0.25) is 0 Å². The molecule has 1 heterocycles. The van der Waals surface area contributed by atoms with Crippen molar-refractivity contribution in [2.24, 2.45) is 5.41 Å². The van der Waals surface area contributed by atoms with Crippen molar-refractivity contribution in [2.75, 3.05) is 13.6 Å². The maximum Gasteiger partial charge on any atom is 0.0770 e. The van der Waals surface area contributed by atoms with Crippen molar-refractivity contribution in [1.29, 1.82) is 5.26 Å². The molecule has 1 aliphatic heterocycles. The third kappa shape index (κ3) is 1.50. The second-order valence-electron chi connectivity index (χ2n) is 5.45. The van der Waals surface area contributed by atoms with Crippen molar-refractivity contribution >= 4 is 0 Å². The lowest BCUT2D eigenvalue weighted by molar-refractivity contribution is 0.0521. The number of fused-ring (bicyclic) bond motifs is 1. The third-order valence-corrected chi connectivity index (χ3v) is 4.52. The molecule has 0 amide bonds. The fraction of sp³-hybridized carbons (Fsp3) is 0.533. The van der Waals surface area contributed by atoms with E-state index >= 15 is 0 Å². The van der Waals surface area contributed by atoms with Gasteiger partial charge in [0.1, 0.15) is 0 Å². The molecule has 0 radical (unpaired) electrons. The van der Waals surface area contributed by atoms with Crippen molar-refractivity contribution in [3.8, 4) is 6.07 Å². The monoisotopic (exact) mass is 226 g/mol. The number of nitrogens with zero attached hydrogens (tertiary/aromatic N) is 2. The molecular formula is C15H18N2. The van der Waals surface area contributed by atoms with Crippen molar-refractivity contribution < 1.29 is 0 Å². The van der Waals surface area contributed by atoms with Gasteiger partial charge in [-0.05, 0) is 37.4 Å². The zero-order chi connectivity index (χ0) is 11.9. The first kappa shape index (κ1) is 10.8. The number of hydrogen-bond acceptors (Lipinski definition) is 2. The van der Waals surface area contributed by atoms with Gasteiger partial charge in [0.05, 0.1) is 17.5 Å². The molecule has 1 atom stereocenters. The highest BCUT2D eigenvalue weighted by molar-refractivity contribution is 5.36. The fourth-order valence-electron chi connectivity index (χ4n) is 3.42. The quantitative estimate of drug-likeness (QED) is 0.736. The molecule has 0 bridgehead atoms. The summed E-state index contributed by atoms with van der Waals surface area (Å²) in [5, 5.41) is 9.56. The van der Waals surface area contributed by atoms with E-state index in [2.05, 4.69) is 42.3 Å². The molecule has 2 nitrogen and oxygen atoms in total. The second-order valence-corrected chi connectivity index (χ2v) is 5.45. The van der Waals surface area contributed by atoms with E-state index in [-0.39, 0.29) is 5.41 Å². The maximum atomic E-state index is 9.56. The van der Waals surface area contributed by atoms with Gasteiger partial charge < -0.3 is 0 Å². The molecular weight excluding hydrogens is 208 g/mol. The van der Waals surface area contributed by atoms with Gasteiger partial charge in [-0.1, -0.05) is 30.7 Å². The first-order valence-corrected chi connectivity index (χ1v) is 6.46. The van der Waals surface area contributed by atoms with Crippen LogP contribution < -0.4 is 0 Å². The third-order valence-electron chi connectivity index (χ3n) is 4.52. The van der Waals surface area contributed by atoms with E-state index in [1.807, 2.05) is 0 Å². The molecule has 0 saturated heterocycles. The predicted octanol–water partition coefficient (Wildman–Crippen LogP) is 2.91. The van der Waals surface area contributed by atoms with E-state index in [0.717, 1.165) is 25.8 Å². The van der Waals surface area contributed by atoms with Crippen LogP contribution >= 0.6 is 0 Å². The van der Waals surface area contributed by atoms with E-state index in [1.54, 1.807) is 0 Å². The van der Waals surface area contributed by atoms with Crippen molar-refractivity contribution in [2.45, 2.75) is 31.7 Å². The largest absolute Gasteiger partial charge is 0.297 e. The molecule has 1 aliphatic carbocycles. The van der Waals surface area contributed by atoms with Crippen LogP contribution in [0.25, 0.3) is 0 Å². The molecule has 0 N–H and O–H groups in total. The van der Waals surface area contributed by atoms with Crippen LogP contribution in [-0.2, 0) is 6.42 Å². The minimum atomic E-state index is -0.120. The Balaban J connectivity index is 2.07. The number of likely N-dealkylation sites (N-methyl/N-ethyl adjacent to an activating group) is 1. The van der Waals surface area contributed by atoms with Gasteiger partial charge in [0.25, 0.3) is 0 Å². The minimum Gasteiger partial charge on any atom is -0.297 e. The summed E-state index contributed by atoms with van der Waals surface area (Å²) in [6, 6.07) is 11.6. The first-order chi connectivity index (χ1) is 8.27. The lowest BCUT2D eigenvalue weighted by Gasteiger charge is -2.48. The zero-order valence-electron chi connectivity index (χ0n) is 10.3. The van der Waals surface area contributed by atoms with E-state index in [0.29, 0.717) is 6.04 Å². The van der Waals surface area contributed by atoms with Crippen LogP contribution in [0.3, 0.4) is 0 Å². The smallest absolute Gasteiger partial charge is 0.0770 e. The van der Waals surface area contributed by atoms with Crippen molar-refractivity contribution in [3.05, 3.63) is 35.4 Å². The first-order valence-electron chi connectivity index (χ1n) is 6.46. The number of nitriles is 1. The Morgan fingerprint density at radius 3 is 2.76 bits per heavy atom. The summed E-state index contributed by atoms with van der Waals surface area (Å²) in [6.45, 7) is 1.07. The Labute approximate surface area is 103 Å². The van der Waals surface area contributed by atoms with Gasteiger partial charge in [-0.3, -0.25) is 4.90 Å². The van der Waals surface area contributed by atoms with Crippen LogP contribution in [0.4, 0.5) is 0 Å². The molecule has 2 aliphatic rings. The molecule has 2 heteroatoms. The summed E-state index contributed by atoms with van der Waals surface area (Å²) in [6.07, 6.45) is 4.45. The Morgan fingerprint density at radius 2 is 2.12 bits per heavy atom. The van der Waals surface area contributed by atoms with E-state index < -0.39 is 0 Å². The summed E-state index contributed by atoms with van der Waals surface area (Å²) in [4.78, 5) is 2.38. The van der Waals surface area contributed by atoms with Crippen LogP contribution in [-0.4, -0.2) is 18.5 Å². The van der Waals surface area contributed by atoms with Crippen molar-refractivity contribution in [1.82, 2.24) is 4.90 Å². The lowest BCUT2D eigenvalue weighted by atomic mass is 9.61. The summed E-state index contributed by atoms with van der Waals surface area (Å²) in [5.74, 6) is 0. The molecule has 1 fully saturated rings. The molecule has 17 heavy (non-hydrogen) atoms. The van der Waals surface area contributed by atoms with E-state index in [9.17, 15) is 5.26 Å². The summed E-state index contributed by atoms with van der Waals surface area (Å²) < 4.78 is 0. The number of hydrogen-bond donors (Lipinski definition) is 0. The molecule has 0 spiro atoms. The summed E-state index contributed by atoms with van der Waals surface area (Å²) in [5.41, 5.74) is 2.71. The highest BCUT2D eigenvalue weighted by Crippen LogP contribution is 2.53. The second kappa shape index (κ2) is 3.85. The highest BCUT2D eigenvalue weighted by atomic mass is 15.1. The summed E-state index contributed by atoms with van der Waals surface area (Å²) >= 11 is 0. The average molecular weight is 226 g/mol. The van der Waals surface area contributed by atoms with E-state index in [1.165, 1.54) is 17.5 Å². The number of benzene rings is 1. The normalized spacial score (nSPS) is 26.7. The van der Waals surface area contributed by atoms with Gasteiger partial charge in [0, 0.05) is 6.54 Å². The molecule has 1 aromatic carbocycles. The van der Waals surface area contributed by atoms with Gasteiger partial charge in [-0.15, -0.1) is 0 Å². The van der Waals surface area contributed by atoms with Crippen molar-refractivity contribution in [3.63, 3.8) is 0 Å². The van der Waals surface area contributed by atoms with Crippen LogP contribution in [0.1, 0.15) is 36.4 Å². The zero-order valence-corrected chi connectivity index (χ0v) is 10.3. The van der Waals surface area contributed by atoms with Gasteiger partial charge in [-0.2, -0.15) is 5.26 Å². The molecule has 3 rings (SSSR count). The maximum absolute atomic E-state index is 9.56. The molecule has 1 saturated carbocycles. The van der Waals surface area contributed by atoms with Gasteiger partial charge >= 0.3 is 0 Å². The molecule has 1 aromatic rings. The van der Waals surface area contributed by atoms with Gasteiger partial charge in [-0.25, -0.2) is 0 Å². The Hall–Kier alpha value is -1.33. The van der Waals surface area contributed by atoms with Crippen LogP contribution in [0.15, 0.2) is 24.3 Å². The average Bonchev–Trinajstić information content (AvgIpc) is 2.31. The Morgan fingerprint density at radius 1 is 1.35 bits per heavy atom. The van der Waals surface area contributed by atoms with E-state index in [4.69, 9.17) is 0 Å². The highest BCUT2D eigenvalue weighted by Gasteiger charge is 2.48. The van der Waals surface area contributed by atoms with Crippen LogP contribution in [0, 0.1) is 16.7 Å². The molecule has 1 unspecified atom stereocenters. The minimum absolute atomic E-state index is 0.120. The van der Waals surface area contributed by atoms with Crippen LogP contribution in [0.2, 0.25) is 0 Å². The topological polar surface area (TPSA) is 27.0 Å². The van der Waals surface area contributed by atoms with Gasteiger partial charge in [0.15, 0.2) is 0 Å². The Kier molecular flexibility index (Phi) is 2.45. The summed E-state index contributed by atoms with van der Waals surface area (Å²) in [7, 11) is 2.16. The Bertz CT molecular complexity index is 468. The predicted molar refractivity (Wildman–Crippen MR) is 67.4 cm³/mol. The molecule has 0 aromatic heterocycles. The number of rotatable bonds is 1. The molecule has 88 valence electrons. The fourth-order valence-corrected chi connectivity index (χ4v) is 3.42. The standard InChI is InChI=1S/C15H18N2/c1-17-10-7-12-5-2-3-6-13(12)14(17)15(11-16)8-4-9-15/h2-3,5-6,14H,4,7-10H2,1H3. The lowest BCUT2D eigenvalue weighted by Crippen LogP contribution is -2.46. The van der Waals surface area contributed by atoms with Crippen LogP contribution in [0.5, 0.6) is 0 Å².